The summed E-state index contributed by atoms with van der Waals surface area (Å²) >= 11 is 12.6. The number of ether oxygens (including phenoxy) is 1. The molecule has 0 radical (unpaired) electrons. The van der Waals surface area contributed by atoms with Gasteiger partial charge in [-0.3, -0.25) is 28.9 Å². The molecule has 12 heteroatoms. The molecule has 1 aliphatic heterocycles. The number of fused-ring (bicyclic) bond motifs is 1. The lowest BCUT2D eigenvalue weighted by Gasteiger charge is -2.15. The minimum atomic E-state index is -0.549. The third kappa shape index (κ3) is 3.48. The summed E-state index contributed by atoms with van der Waals surface area (Å²) < 4.78 is 8.12. The van der Waals surface area contributed by atoms with Gasteiger partial charge in [-0.2, -0.15) is 0 Å². The SMILES string of the molecule is COc1ccc(N2C(=O)/C(=C/c3cc4c(cc3[N+](=O)[O-])n(C)c(=O)n4C)SC2=S)cc1Cl. The van der Waals surface area contributed by atoms with Gasteiger partial charge in [0.1, 0.15) is 5.75 Å². The van der Waals surface area contributed by atoms with E-state index in [0.717, 1.165) is 11.8 Å². The predicted molar refractivity (Wildman–Crippen MR) is 128 cm³/mol. The molecule has 1 fully saturated rings. The van der Waals surface area contributed by atoms with Crippen molar-refractivity contribution in [1.29, 1.82) is 0 Å². The van der Waals surface area contributed by atoms with Gasteiger partial charge in [0.25, 0.3) is 11.6 Å². The number of hydrogen-bond donors (Lipinski definition) is 0. The summed E-state index contributed by atoms with van der Waals surface area (Å²) in [6.45, 7) is 0. The van der Waals surface area contributed by atoms with Crippen molar-refractivity contribution in [1.82, 2.24) is 9.13 Å². The molecule has 9 nitrogen and oxygen atoms in total. The van der Waals surface area contributed by atoms with E-state index in [9.17, 15) is 19.7 Å². The summed E-state index contributed by atoms with van der Waals surface area (Å²) in [5.41, 5.74) is 1.04. The van der Waals surface area contributed by atoms with E-state index in [1.807, 2.05) is 0 Å². The van der Waals surface area contributed by atoms with Gasteiger partial charge in [0.05, 0.1) is 44.2 Å². The Kier molecular flexibility index (Phi) is 5.57. The Bertz CT molecular complexity index is 1430. The molecule has 0 spiro atoms. The molecular formula is C20H15ClN4O5S2. The number of nitro benzene ring substituents is 1. The maximum Gasteiger partial charge on any atom is 0.328 e. The van der Waals surface area contributed by atoms with E-state index in [1.165, 1.54) is 39.4 Å². The van der Waals surface area contributed by atoms with Crippen molar-refractivity contribution in [2.24, 2.45) is 14.1 Å². The van der Waals surface area contributed by atoms with E-state index >= 15 is 0 Å². The maximum atomic E-state index is 13.1. The first-order valence-corrected chi connectivity index (χ1v) is 10.7. The van der Waals surface area contributed by atoms with E-state index in [4.69, 9.17) is 28.6 Å². The maximum absolute atomic E-state index is 13.1. The number of aromatic nitrogens is 2. The number of rotatable bonds is 4. The number of thiocarbonyl (C=S) groups is 1. The average molecular weight is 491 g/mol. The fourth-order valence-electron chi connectivity index (χ4n) is 3.45. The van der Waals surface area contributed by atoms with Gasteiger partial charge in [-0.1, -0.05) is 35.6 Å². The fourth-order valence-corrected chi connectivity index (χ4v) is 4.99. The topological polar surface area (TPSA) is 99.6 Å². The summed E-state index contributed by atoms with van der Waals surface area (Å²) in [4.78, 5) is 38.0. The Morgan fingerprint density at radius 3 is 2.41 bits per heavy atom. The predicted octanol–water partition coefficient (Wildman–Crippen LogP) is 3.85. The molecular weight excluding hydrogens is 476 g/mol. The van der Waals surface area contributed by atoms with Crippen LogP contribution in [0.3, 0.4) is 0 Å². The van der Waals surface area contributed by atoms with Crippen LogP contribution in [0.2, 0.25) is 5.02 Å². The number of methoxy groups -OCH3 is 1. The van der Waals surface area contributed by atoms with Gasteiger partial charge >= 0.3 is 5.69 Å². The minimum Gasteiger partial charge on any atom is -0.495 e. The summed E-state index contributed by atoms with van der Waals surface area (Å²) in [5.74, 6) is 0.0198. The second-order valence-electron chi connectivity index (χ2n) is 6.89. The molecule has 4 rings (SSSR count). The van der Waals surface area contributed by atoms with Crippen LogP contribution in [0.4, 0.5) is 11.4 Å². The van der Waals surface area contributed by atoms with Crippen molar-refractivity contribution in [3.63, 3.8) is 0 Å². The van der Waals surface area contributed by atoms with Crippen LogP contribution >= 0.6 is 35.6 Å². The highest BCUT2D eigenvalue weighted by Gasteiger charge is 2.34. The number of anilines is 1. The zero-order valence-corrected chi connectivity index (χ0v) is 19.4. The van der Waals surface area contributed by atoms with Crippen LogP contribution in [-0.2, 0) is 18.9 Å². The van der Waals surface area contributed by atoms with Gasteiger partial charge in [-0.25, -0.2) is 4.79 Å². The van der Waals surface area contributed by atoms with Crippen LogP contribution in [0.5, 0.6) is 5.75 Å². The number of hydrogen-bond acceptors (Lipinski definition) is 7. The number of imidazole rings is 1. The lowest BCUT2D eigenvalue weighted by Crippen LogP contribution is -2.27. The van der Waals surface area contributed by atoms with Crippen LogP contribution in [0, 0.1) is 10.1 Å². The smallest absolute Gasteiger partial charge is 0.328 e. The Morgan fingerprint density at radius 2 is 1.81 bits per heavy atom. The lowest BCUT2D eigenvalue weighted by atomic mass is 10.1. The van der Waals surface area contributed by atoms with Crippen molar-refractivity contribution in [3.05, 3.63) is 66.4 Å². The van der Waals surface area contributed by atoms with E-state index < -0.39 is 10.8 Å². The Morgan fingerprint density at radius 1 is 1.16 bits per heavy atom. The molecule has 164 valence electrons. The number of amides is 1. The van der Waals surface area contributed by atoms with E-state index in [2.05, 4.69) is 0 Å². The van der Waals surface area contributed by atoms with Gasteiger partial charge in [0, 0.05) is 20.2 Å². The molecule has 0 atom stereocenters. The van der Waals surface area contributed by atoms with Crippen LogP contribution < -0.4 is 15.3 Å². The third-order valence-electron chi connectivity index (χ3n) is 5.09. The number of nitrogens with zero attached hydrogens (tertiary/aromatic N) is 4. The van der Waals surface area contributed by atoms with E-state index in [-0.39, 0.29) is 26.2 Å². The molecule has 0 saturated carbocycles. The van der Waals surface area contributed by atoms with Crippen LogP contribution in [0.15, 0.2) is 40.0 Å². The monoisotopic (exact) mass is 490 g/mol. The number of thioether (sulfide) groups is 1. The number of nitro groups is 1. The first-order valence-electron chi connectivity index (χ1n) is 9.09. The fraction of sp³-hybridized carbons (Fsp3) is 0.150. The van der Waals surface area contributed by atoms with Gasteiger partial charge in [0.2, 0.25) is 0 Å². The van der Waals surface area contributed by atoms with Crippen molar-refractivity contribution in [2.45, 2.75) is 0 Å². The molecule has 1 saturated heterocycles. The Balaban J connectivity index is 1.81. The summed E-state index contributed by atoms with van der Waals surface area (Å²) in [7, 11) is 4.60. The Labute approximate surface area is 196 Å². The van der Waals surface area contributed by atoms with Gasteiger partial charge in [-0.15, -0.1) is 0 Å². The third-order valence-corrected chi connectivity index (χ3v) is 6.69. The largest absolute Gasteiger partial charge is 0.495 e. The number of aryl methyl sites for hydroxylation is 2. The summed E-state index contributed by atoms with van der Waals surface area (Å²) in [5, 5.41) is 12.0. The molecule has 2 heterocycles. The van der Waals surface area contributed by atoms with Crippen molar-refractivity contribution in [2.75, 3.05) is 12.0 Å². The highest BCUT2D eigenvalue weighted by Crippen LogP contribution is 2.39. The molecule has 0 aliphatic carbocycles. The van der Waals surface area contributed by atoms with E-state index in [0.29, 0.717) is 27.5 Å². The van der Waals surface area contributed by atoms with Crippen LogP contribution in [0.1, 0.15) is 5.56 Å². The second-order valence-corrected chi connectivity index (χ2v) is 8.98. The molecule has 0 N–H and O–H groups in total. The highest BCUT2D eigenvalue weighted by molar-refractivity contribution is 8.27. The van der Waals surface area contributed by atoms with E-state index in [1.54, 1.807) is 32.3 Å². The second kappa shape index (κ2) is 8.08. The average Bonchev–Trinajstić information content (AvgIpc) is 3.14. The van der Waals surface area contributed by atoms with Crippen LogP contribution in [0.25, 0.3) is 17.1 Å². The molecule has 1 aliphatic rings. The number of carbonyl (C=O) groups excluding carboxylic acids is 1. The zero-order chi connectivity index (χ0) is 23.3. The molecule has 32 heavy (non-hydrogen) atoms. The highest BCUT2D eigenvalue weighted by atomic mass is 35.5. The first-order chi connectivity index (χ1) is 15.1. The Hall–Kier alpha value is -3.15. The number of benzene rings is 2. The van der Waals surface area contributed by atoms with Crippen molar-refractivity contribution in [3.8, 4) is 5.75 Å². The first kappa shape index (κ1) is 22.1. The molecule has 1 amide bonds. The summed E-state index contributed by atoms with van der Waals surface area (Å²) in [6, 6.07) is 7.67. The molecule has 2 aromatic carbocycles. The zero-order valence-electron chi connectivity index (χ0n) is 17.0. The standard InChI is InChI=1S/C20H15ClN4O5S2/c1-22-14-6-10(13(25(28)29)9-15(14)23(2)19(22)27)7-17-18(26)24(20(31)32-17)11-4-5-16(30-3)12(21)8-11/h4-9H,1-3H3/b17-7-. The normalized spacial score (nSPS) is 15.2. The molecule has 1 aromatic heterocycles. The van der Waals surface area contributed by atoms with Gasteiger partial charge in [0.15, 0.2) is 4.32 Å². The molecule has 0 unspecified atom stereocenters. The van der Waals surface area contributed by atoms with Gasteiger partial charge in [-0.05, 0) is 30.3 Å². The minimum absolute atomic E-state index is 0.192. The molecule has 3 aromatic rings. The van der Waals surface area contributed by atoms with Crippen molar-refractivity contribution < 1.29 is 14.5 Å². The lowest BCUT2D eigenvalue weighted by molar-refractivity contribution is -0.385. The quantitative estimate of drug-likeness (QED) is 0.237. The van der Waals surface area contributed by atoms with Gasteiger partial charge < -0.3 is 4.74 Å². The number of halogens is 1. The summed E-state index contributed by atoms with van der Waals surface area (Å²) in [6.07, 6.45) is 1.42. The van der Waals surface area contributed by atoms with Crippen molar-refractivity contribution >= 4 is 74.3 Å². The number of carbonyl (C=O) groups is 1. The van der Waals surface area contributed by atoms with Crippen LogP contribution in [-0.4, -0.2) is 31.4 Å². The molecule has 0 bridgehead atoms.